The van der Waals surface area contributed by atoms with Gasteiger partial charge in [-0.25, -0.2) is 4.89 Å². The highest BCUT2D eigenvalue weighted by Crippen LogP contribution is 2.16. The van der Waals surface area contributed by atoms with E-state index in [4.69, 9.17) is 5.26 Å². The van der Waals surface area contributed by atoms with Crippen LogP contribution >= 0.6 is 0 Å². The molecule has 0 radical (unpaired) electrons. The minimum absolute atomic E-state index is 0.0817. The molecule has 1 saturated heterocycles. The lowest BCUT2D eigenvalue weighted by atomic mass is 10.0. The van der Waals surface area contributed by atoms with Gasteiger partial charge in [-0.15, -0.1) is 0 Å². The van der Waals surface area contributed by atoms with E-state index >= 15 is 0 Å². The molecular weight excluding hydrogens is 290 g/mol. The Bertz CT molecular complexity index is 639. The summed E-state index contributed by atoms with van der Waals surface area (Å²) in [6.07, 6.45) is 1.20. The van der Waals surface area contributed by atoms with Crippen LogP contribution in [0, 0.1) is 0 Å². The van der Waals surface area contributed by atoms with Crippen molar-refractivity contribution in [2.24, 2.45) is 0 Å². The van der Waals surface area contributed by atoms with Crippen LogP contribution in [0.3, 0.4) is 0 Å². The number of benzene rings is 2. The molecule has 0 spiro atoms. The number of carbonyl (C=O) groups is 1. The lowest BCUT2D eigenvalue weighted by Crippen LogP contribution is -2.22. The van der Waals surface area contributed by atoms with Gasteiger partial charge in [-0.3, -0.25) is 15.0 Å². The van der Waals surface area contributed by atoms with Crippen LogP contribution in [0.4, 0.5) is 0 Å². The highest BCUT2D eigenvalue weighted by molar-refractivity contribution is 5.97. The van der Waals surface area contributed by atoms with Gasteiger partial charge in [0, 0.05) is 31.6 Å². The summed E-state index contributed by atoms with van der Waals surface area (Å²) in [5.74, 6) is 0.137. The lowest BCUT2D eigenvalue weighted by molar-refractivity contribution is -0.274. The molecule has 120 valence electrons. The van der Waals surface area contributed by atoms with Crippen LogP contribution in [0.1, 0.15) is 27.9 Å². The Labute approximate surface area is 136 Å². The molecule has 1 heterocycles. The van der Waals surface area contributed by atoms with Crippen LogP contribution < -0.4 is 0 Å². The molecule has 1 atom stereocenters. The Kier molecular flexibility index (Phi) is 5.18. The molecule has 0 bridgehead atoms. The quantitative estimate of drug-likeness (QED) is 0.506. The average molecular weight is 311 g/mol. The highest BCUT2D eigenvalue weighted by atomic mass is 17.1. The van der Waals surface area contributed by atoms with Gasteiger partial charge in [-0.2, -0.15) is 0 Å². The molecule has 0 saturated carbocycles. The third kappa shape index (κ3) is 4.26. The van der Waals surface area contributed by atoms with Crippen molar-refractivity contribution < 1.29 is 14.9 Å². The first-order valence-electron chi connectivity index (χ1n) is 7.93. The van der Waals surface area contributed by atoms with Crippen LogP contribution in [0.2, 0.25) is 0 Å². The van der Waals surface area contributed by atoms with Crippen LogP contribution in [-0.2, 0) is 17.9 Å². The monoisotopic (exact) mass is 311 g/mol. The van der Waals surface area contributed by atoms with Crippen molar-refractivity contribution in [2.45, 2.75) is 25.5 Å². The second-order valence-corrected chi connectivity index (χ2v) is 6.03. The summed E-state index contributed by atoms with van der Waals surface area (Å²) in [4.78, 5) is 18.9. The number of rotatable bonds is 6. The Balaban J connectivity index is 1.57. The number of hydrogen-bond acceptors (Lipinski definition) is 4. The first-order chi connectivity index (χ1) is 11.2. The minimum Gasteiger partial charge on any atom is -0.296 e. The number of ketones is 1. The van der Waals surface area contributed by atoms with Gasteiger partial charge in [-0.05, 0) is 17.5 Å². The predicted molar refractivity (Wildman–Crippen MR) is 88.3 cm³/mol. The summed E-state index contributed by atoms with van der Waals surface area (Å²) in [6, 6.07) is 17.6. The molecule has 1 unspecified atom stereocenters. The van der Waals surface area contributed by atoms with Gasteiger partial charge in [0.2, 0.25) is 0 Å². The van der Waals surface area contributed by atoms with Gasteiger partial charge in [0.1, 0.15) is 6.10 Å². The van der Waals surface area contributed by atoms with Crippen molar-refractivity contribution in [3.63, 3.8) is 0 Å². The highest BCUT2D eigenvalue weighted by Gasteiger charge is 2.23. The topological polar surface area (TPSA) is 49.8 Å². The largest absolute Gasteiger partial charge is 0.296 e. The van der Waals surface area contributed by atoms with E-state index in [0.29, 0.717) is 6.42 Å². The van der Waals surface area contributed by atoms with E-state index in [-0.39, 0.29) is 11.9 Å². The summed E-state index contributed by atoms with van der Waals surface area (Å²) in [5, 5.41) is 8.70. The third-order valence-electron chi connectivity index (χ3n) is 4.27. The summed E-state index contributed by atoms with van der Waals surface area (Å²) in [6.45, 7) is 2.47. The molecular formula is C19H21NO3. The molecule has 0 aliphatic carbocycles. The zero-order valence-corrected chi connectivity index (χ0v) is 13.0. The van der Waals surface area contributed by atoms with Crippen molar-refractivity contribution in [2.75, 3.05) is 13.1 Å². The summed E-state index contributed by atoms with van der Waals surface area (Å²) in [5.41, 5.74) is 2.95. The van der Waals surface area contributed by atoms with Gasteiger partial charge in [0.05, 0.1) is 0 Å². The maximum absolute atomic E-state index is 12.3. The number of nitrogens with zero attached hydrogens (tertiary/aromatic N) is 1. The molecule has 23 heavy (non-hydrogen) atoms. The normalized spacial score (nSPS) is 18.2. The maximum Gasteiger partial charge on any atom is 0.167 e. The van der Waals surface area contributed by atoms with E-state index in [1.807, 2.05) is 54.6 Å². The van der Waals surface area contributed by atoms with E-state index in [1.54, 1.807) is 0 Å². The Morgan fingerprint density at radius 2 is 1.83 bits per heavy atom. The molecule has 4 heteroatoms. The van der Waals surface area contributed by atoms with Crippen LogP contribution in [-0.4, -0.2) is 35.1 Å². The van der Waals surface area contributed by atoms with Crippen molar-refractivity contribution in [3.05, 3.63) is 71.3 Å². The predicted octanol–water partition coefficient (Wildman–Crippen LogP) is 3.18. The van der Waals surface area contributed by atoms with Crippen molar-refractivity contribution in [1.29, 1.82) is 0 Å². The van der Waals surface area contributed by atoms with Crippen LogP contribution in [0.5, 0.6) is 0 Å². The molecule has 4 nitrogen and oxygen atoms in total. The van der Waals surface area contributed by atoms with Gasteiger partial charge >= 0.3 is 0 Å². The molecule has 2 aromatic rings. The Hall–Kier alpha value is -2.01. The van der Waals surface area contributed by atoms with E-state index in [2.05, 4.69) is 9.79 Å². The number of carbonyl (C=O) groups excluding carboxylic acids is 1. The Morgan fingerprint density at radius 3 is 2.48 bits per heavy atom. The van der Waals surface area contributed by atoms with Crippen molar-refractivity contribution in [1.82, 2.24) is 4.90 Å². The molecule has 3 rings (SSSR count). The molecule has 0 aromatic heterocycles. The molecule has 1 N–H and O–H groups in total. The average Bonchev–Trinajstić information content (AvgIpc) is 3.04. The van der Waals surface area contributed by atoms with Gasteiger partial charge in [0.15, 0.2) is 5.78 Å². The smallest absolute Gasteiger partial charge is 0.167 e. The number of likely N-dealkylation sites (tertiary alicyclic amines) is 1. The van der Waals surface area contributed by atoms with E-state index in [9.17, 15) is 4.79 Å². The fraction of sp³-hybridized carbons (Fsp3) is 0.316. The van der Waals surface area contributed by atoms with Gasteiger partial charge < -0.3 is 0 Å². The molecule has 1 fully saturated rings. The van der Waals surface area contributed by atoms with Crippen molar-refractivity contribution >= 4 is 5.78 Å². The van der Waals surface area contributed by atoms with Gasteiger partial charge in [0.25, 0.3) is 0 Å². The summed E-state index contributed by atoms with van der Waals surface area (Å²) < 4.78 is 0. The molecule has 1 aliphatic heterocycles. The third-order valence-corrected chi connectivity index (χ3v) is 4.27. The first kappa shape index (κ1) is 15.9. The second-order valence-electron chi connectivity index (χ2n) is 6.03. The minimum atomic E-state index is -0.0817. The fourth-order valence-corrected chi connectivity index (χ4v) is 2.96. The fourth-order valence-electron chi connectivity index (χ4n) is 2.96. The van der Waals surface area contributed by atoms with Gasteiger partial charge in [-0.1, -0.05) is 54.6 Å². The standard InChI is InChI=1S/C19H21NO3/c21-19(12-15-4-2-1-3-5-15)17-8-6-16(7-9-17)13-20-11-10-18(14-20)23-22/h1-9,18,22H,10-14H2. The first-order valence-corrected chi connectivity index (χ1v) is 7.93. The SMILES string of the molecule is O=C(Cc1ccccc1)c1ccc(CN2CCC(OO)C2)cc1. The van der Waals surface area contributed by atoms with Crippen LogP contribution in [0.15, 0.2) is 54.6 Å². The summed E-state index contributed by atoms with van der Waals surface area (Å²) in [7, 11) is 0. The number of hydrogen-bond donors (Lipinski definition) is 1. The van der Waals surface area contributed by atoms with E-state index in [0.717, 1.165) is 37.2 Å². The summed E-state index contributed by atoms with van der Waals surface area (Å²) >= 11 is 0. The number of Topliss-reactive ketones (excluding diaryl/α,β-unsaturated/α-hetero) is 1. The molecule has 2 aromatic carbocycles. The molecule has 1 aliphatic rings. The zero-order chi connectivity index (χ0) is 16.1. The van der Waals surface area contributed by atoms with Crippen LogP contribution in [0.25, 0.3) is 0 Å². The maximum atomic E-state index is 12.3. The second kappa shape index (κ2) is 7.51. The van der Waals surface area contributed by atoms with E-state index < -0.39 is 0 Å². The van der Waals surface area contributed by atoms with E-state index in [1.165, 1.54) is 5.56 Å². The lowest BCUT2D eigenvalue weighted by Gasteiger charge is -2.15. The molecule has 0 amide bonds. The van der Waals surface area contributed by atoms with Crippen molar-refractivity contribution in [3.8, 4) is 0 Å². The zero-order valence-electron chi connectivity index (χ0n) is 13.0. The Morgan fingerprint density at radius 1 is 1.09 bits per heavy atom.